The first-order chi connectivity index (χ1) is 7.50. The summed E-state index contributed by atoms with van der Waals surface area (Å²) in [6.07, 6.45) is 0. The summed E-state index contributed by atoms with van der Waals surface area (Å²) in [6, 6.07) is 6.58. The van der Waals surface area contributed by atoms with Crippen molar-refractivity contribution in [2.24, 2.45) is 0 Å². The molecule has 4 nitrogen and oxygen atoms in total. The fraction of sp³-hybridized carbons (Fsp3) is 0.273. The Morgan fingerprint density at radius 3 is 2.56 bits per heavy atom. The number of amides is 1. The van der Waals surface area contributed by atoms with Crippen LogP contribution < -0.4 is 5.32 Å². The van der Waals surface area contributed by atoms with E-state index in [0.717, 1.165) is 0 Å². The van der Waals surface area contributed by atoms with Crippen LogP contribution in [-0.4, -0.2) is 17.4 Å². The highest BCUT2D eigenvalue weighted by molar-refractivity contribution is 6.20. The lowest BCUT2D eigenvalue weighted by Crippen LogP contribution is -2.14. The summed E-state index contributed by atoms with van der Waals surface area (Å²) in [7, 11) is 0. The van der Waals surface area contributed by atoms with Gasteiger partial charge in [0.1, 0.15) is 0 Å². The van der Waals surface area contributed by atoms with Crippen LogP contribution in [0.1, 0.15) is 24.2 Å². The fourth-order valence-corrected chi connectivity index (χ4v) is 1.25. The second-order valence-electron chi connectivity index (χ2n) is 3.18. The zero-order chi connectivity index (χ0) is 12.1. The van der Waals surface area contributed by atoms with Crippen LogP contribution in [0.3, 0.4) is 0 Å². The van der Waals surface area contributed by atoms with Crippen LogP contribution in [0.5, 0.6) is 0 Å². The number of para-hydroxylation sites is 1. The largest absolute Gasteiger partial charge is 0.443 e. The first-order valence-electron chi connectivity index (χ1n) is 4.72. The quantitative estimate of drug-likeness (QED) is 0.653. The summed E-state index contributed by atoms with van der Waals surface area (Å²) in [5.41, 5.74) is -0.0135. The third-order valence-electron chi connectivity index (χ3n) is 1.73. The molecule has 1 aromatic carbocycles. The molecule has 0 radical (unpaired) electrons. The molecule has 1 amide bonds. The molecule has 0 heterocycles. The monoisotopic (exact) mass is 241 g/mol. The maximum Gasteiger partial charge on any atom is 0.341 e. The van der Waals surface area contributed by atoms with Gasteiger partial charge in [-0.05, 0) is 19.1 Å². The molecule has 1 atom stereocenters. The van der Waals surface area contributed by atoms with E-state index < -0.39 is 11.5 Å². The predicted molar refractivity (Wildman–Crippen MR) is 61.5 cm³/mol. The van der Waals surface area contributed by atoms with E-state index in [-0.39, 0.29) is 11.5 Å². The molecule has 0 aliphatic rings. The number of alkyl halides is 1. The third-order valence-corrected chi connectivity index (χ3v) is 1.82. The molecule has 0 aliphatic heterocycles. The zero-order valence-corrected chi connectivity index (χ0v) is 9.75. The first kappa shape index (κ1) is 12.5. The van der Waals surface area contributed by atoms with E-state index in [1.807, 2.05) is 0 Å². The van der Waals surface area contributed by atoms with Crippen molar-refractivity contribution in [2.75, 3.05) is 5.32 Å². The molecular formula is C11H12ClNO3. The lowest BCUT2D eigenvalue weighted by molar-refractivity contribution is -0.114. The van der Waals surface area contributed by atoms with Gasteiger partial charge in [-0.1, -0.05) is 23.7 Å². The molecule has 86 valence electrons. The highest BCUT2D eigenvalue weighted by Crippen LogP contribution is 2.17. The zero-order valence-electron chi connectivity index (χ0n) is 8.99. The normalized spacial score (nSPS) is 11.7. The Kier molecular flexibility index (Phi) is 4.31. The van der Waals surface area contributed by atoms with Gasteiger partial charge in [0.2, 0.25) is 5.91 Å². The summed E-state index contributed by atoms with van der Waals surface area (Å²) in [5, 5.41) is 2.54. The van der Waals surface area contributed by atoms with Crippen molar-refractivity contribution in [1.29, 1.82) is 0 Å². The van der Waals surface area contributed by atoms with Gasteiger partial charge in [-0.3, -0.25) is 4.79 Å². The Morgan fingerprint density at radius 2 is 2.00 bits per heavy atom. The van der Waals surface area contributed by atoms with E-state index in [4.69, 9.17) is 16.3 Å². The smallest absolute Gasteiger partial charge is 0.341 e. The van der Waals surface area contributed by atoms with Crippen molar-refractivity contribution in [3.8, 4) is 0 Å². The van der Waals surface area contributed by atoms with E-state index in [9.17, 15) is 9.59 Å². The molecule has 0 spiro atoms. The number of hydrogen-bond donors (Lipinski definition) is 1. The molecule has 0 saturated carbocycles. The standard InChI is InChI=1S/C11H12ClNO3/c1-7(12)16-11(15)9-5-3-4-6-10(9)13-8(2)14/h3-7H,1-2H3,(H,13,14). The number of halogens is 1. The number of carbonyl (C=O) groups excluding carboxylic acids is 2. The topological polar surface area (TPSA) is 55.4 Å². The molecule has 1 rings (SSSR count). The first-order valence-corrected chi connectivity index (χ1v) is 5.16. The Morgan fingerprint density at radius 1 is 1.38 bits per heavy atom. The predicted octanol–water partition coefficient (Wildman–Crippen LogP) is 2.39. The SMILES string of the molecule is CC(=O)Nc1ccccc1C(=O)OC(C)Cl. The summed E-state index contributed by atoms with van der Waals surface area (Å²) in [6.45, 7) is 2.91. The minimum absolute atomic E-state index is 0.251. The molecule has 0 fully saturated rings. The summed E-state index contributed by atoms with van der Waals surface area (Å²) in [5.74, 6) is -0.814. The second kappa shape index (κ2) is 5.51. The van der Waals surface area contributed by atoms with Crippen molar-refractivity contribution in [1.82, 2.24) is 0 Å². The fourth-order valence-electron chi connectivity index (χ4n) is 1.17. The molecule has 5 heteroatoms. The highest BCUT2D eigenvalue weighted by atomic mass is 35.5. The molecular weight excluding hydrogens is 230 g/mol. The van der Waals surface area contributed by atoms with Crippen LogP contribution in [0.4, 0.5) is 5.69 Å². The summed E-state index contributed by atoms with van der Waals surface area (Å²) >= 11 is 5.55. The van der Waals surface area contributed by atoms with Crippen molar-refractivity contribution in [3.05, 3.63) is 29.8 Å². The van der Waals surface area contributed by atoms with E-state index in [1.54, 1.807) is 31.2 Å². The van der Waals surface area contributed by atoms with Crippen molar-refractivity contribution >= 4 is 29.2 Å². The number of esters is 1. The second-order valence-corrected chi connectivity index (χ2v) is 3.79. The maximum atomic E-state index is 11.6. The third kappa shape index (κ3) is 3.55. The molecule has 0 aromatic heterocycles. The van der Waals surface area contributed by atoms with Crippen LogP contribution >= 0.6 is 11.6 Å². The summed E-state index contributed by atoms with van der Waals surface area (Å²) in [4.78, 5) is 22.5. The number of nitrogens with one attached hydrogen (secondary N) is 1. The molecule has 1 aromatic rings. The van der Waals surface area contributed by atoms with E-state index in [0.29, 0.717) is 5.69 Å². The molecule has 0 saturated heterocycles. The van der Waals surface area contributed by atoms with Gasteiger partial charge < -0.3 is 10.1 Å². The van der Waals surface area contributed by atoms with E-state index in [2.05, 4.69) is 5.32 Å². The molecule has 0 aliphatic carbocycles. The van der Waals surface area contributed by atoms with Crippen molar-refractivity contribution in [3.63, 3.8) is 0 Å². The van der Waals surface area contributed by atoms with Gasteiger partial charge in [-0.2, -0.15) is 0 Å². The average molecular weight is 242 g/mol. The highest BCUT2D eigenvalue weighted by Gasteiger charge is 2.14. The van der Waals surface area contributed by atoms with Gasteiger partial charge in [0, 0.05) is 6.92 Å². The van der Waals surface area contributed by atoms with Crippen LogP contribution in [0.25, 0.3) is 0 Å². The minimum Gasteiger partial charge on any atom is -0.443 e. The Labute approximate surface area is 98.5 Å². The van der Waals surface area contributed by atoms with Gasteiger partial charge in [0.15, 0.2) is 5.56 Å². The number of benzene rings is 1. The Bertz CT molecular complexity index is 404. The van der Waals surface area contributed by atoms with Gasteiger partial charge in [0.05, 0.1) is 11.3 Å². The summed E-state index contributed by atoms with van der Waals surface area (Å²) < 4.78 is 4.83. The number of carbonyl (C=O) groups is 2. The minimum atomic E-state index is -0.710. The van der Waals surface area contributed by atoms with Gasteiger partial charge in [-0.15, -0.1) is 0 Å². The lowest BCUT2D eigenvalue weighted by Gasteiger charge is -2.10. The van der Waals surface area contributed by atoms with Crippen LogP contribution in [-0.2, 0) is 9.53 Å². The van der Waals surface area contributed by atoms with Crippen molar-refractivity contribution in [2.45, 2.75) is 19.4 Å². The van der Waals surface area contributed by atoms with Gasteiger partial charge in [0.25, 0.3) is 0 Å². The number of hydrogen-bond acceptors (Lipinski definition) is 3. The lowest BCUT2D eigenvalue weighted by atomic mass is 10.2. The molecule has 1 unspecified atom stereocenters. The van der Waals surface area contributed by atoms with Gasteiger partial charge in [-0.25, -0.2) is 4.79 Å². The molecule has 0 bridgehead atoms. The Hall–Kier alpha value is -1.55. The maximum absolute atomic E-state index is 11.6. The van der Waals surface area contributed by atoms with Crippen molar-refractivity contribution < 1.29 is 14.3 Å². The number of anilines is 1. The van der Waals surface area contributed by atoms with Gasteiger partial charge >= 0.3 is 5.97 Å². The van der Waals surface area contributed by atoms with Crippen LogP contribution in [0.2, 0.25) is 0 Å². The number of ether oxygens (including phenoxy) is 1. The van der Waals surface area contributed by atoms with E-state index >= 15 is 0 Å². The van der Waals surface area contributed by atoms with E-state index in [1.165, 1.54) is 6.92 Å². The molecule has 16 heavy (non-hydrogen) atoms. The van der Waals surface area contributed by atoms with Crippen LogP contribution in [0, 0.1) is 0 Å². The average Bonchev–Trinajstić information content (AvgIpc) is 2.16. The van der Waals surface area contributed by atoms with Crippen LogP contribution in [0.15, 0.2) is 24.3 Å². The Balaban J connectivity index is 2.94. The number of rotatable bonds is 3. The molecule has 1 N–H and O–H groups in total.